The summed E-state index contributed by atoms with van der Waals surface area (Å²) in [5, 5.41) is 0. The molecule has 1 aliphatic heterocycles. The SMILES string of the molecule is O=C(N1CCCC1c1cccc(I)c1)C12CCC(C1)C2. The fraction of sp³-hybridized carbons (Fsp3) is 0.588. The molecule has 1 amide bonds. The molecule has 0 N–H and O–H groups in total. The number of halogens is 1. The maximum absolute atomic E-state index is 13.0. The van der Waals surface area contributed by atoms with Crippen molar-refractivity contribution >= 4 is 28.5 Å². The first-order valence-corrected chi connectivity index (χ1v) is 8.82. The van der Waals surface area contributed by atoms with Gasteiger partial charge in [0, 0.05) is 15.5 Å². The Morgan fingerprint density at radius 1 is 1.30 bits per heavy atom. The van der Waals surface area contributed by atoms with Gasteiger partial charge in [-0.05, 0) is 84.7 Å². The molecule has 0 aromatic heterocycles. The Balaban J connectivity index is 1.59. The largest absolute Gasteiger partial charge is 0.335 e. The van der Waals surface area contributed by atoms with E-state index in [4.69, 9.17) is 0 Å². The van der Waals surface area contributed by atoms with Gasteiger partial charge in [-0.25, -0.2) is 0 Å². The molecule has 2 bridgehead atoms. The highest BCUT2D eigenvalue weighted by Crippen LogP contribution is 2.60. The lowest BCUT2D eigenvalue weighted by atomic mass is 9.68. The molecule has 0 radical (unpaired) electrons. The predicted octanol–water partition coefficient (Wildman–Crippen LogP) is 4.14. The number of carbonyl (C=O) groups is 1. The number of likely N-dealkylation sites (tertiary alicyclic amines) is 1. The maximum atomic E-state index is 13.0. The molecular weight excluding hydrogens is 361 g/mol. The van der Waals surface area contributed by atoms with Crippen LogP contribution in [0.5, 0.6) is 0 Å². The third-order valence-electron chi connectivity index (χ3n) is 5.59. The molecule has 5 rings (SSSR count). The number of amides is 1. The molecule has 1 atom stereocenters. The van der Waals surface area contributed by atoms with Crippen molar-refractivity contribution < 1.29 is 4.79 Å². The molecule has 3 aliphatic carbocycles. The number of rotatable bonds is 2. The van der Waals surface area contributed by atoms with Gasteiger partial charge in [0.15, 0.2) is 0 Å². The third kappa shape index (κ3) is 1.92. The summed E-state index contributed by atoms with van der Waals surface area (Å²) in [6.45, 7) is 0.960. The molecule has 0 spiro atoms. The third-order valence-corrected chi connectivity index (χ3v) is 6.26. The Morgan fingerprint density at radius 2 is 2.15 bits per heavy atom. The fourth-order valence-corrected chi connectivity index (χ4v) is 5.16. The highest BCUT2D eigenvalue weighted by molar-refractivity contribution is 14.1. The molecule has 1 unspecified atom stereocenters. The summed E-state index contributed by atoms with van der Waals surface area (Å²) >= 11 is 2.36. The van der Waals surface area contributed by atoms with Gasteiger partial charge in [0.1, 0.15) is 0 Å². The Kier molecular flexibility index (Phi) is 3.09. The number of nitrogens with zero attached hydrogens (tertiary/aromatic N) is 1. The van der Waals surface area contributed by atoms with E-state index in [0.717, 1.165) is 31.7 Å². The number of hydrogen-bond donors (Lipinski definition) is 0. The zero-order valence-electron chi connectivity index (χ0n) is 11.6. The summed E-state index contributed by atoms with van der Waals surface area (Å²) in [6.07, 6.45) is 7.05. The second-order valence-electron chi connectivity index (χ2n) is 6.80. The van der Waals surface area contributed by atoms with E-state index in [1.54, 1.807) is 0 Å². The van der Waals surface area contributed by atoms with Crippen LogP contribution in [0.4, 0.5) is 0 Å². The molecule has 4 fully saturated rings. The van der Waals surface area contributed by atoms with Gasteiger partial charge < -0.3 is 4.90 Å². The first kappa shape index (κ1) is 13.1. The van der Waals surface area contributed by atoms with Crippen molar-refractivity contribution in [3.8, 4) is 0 Å². The van der Waals surface area contributed by atoms with Crippen LogP contribution in [-0.4, -0.2) is 17.4 Å². The molecular formula is C17H20INO. The minimum absolute atomic E-state index is 0.0508. The summed E-state index contributed by atoms with van der Waals surface area (Å²) in [5.74, 6) is 1.32. The van der Waals surface area contributed by atoms with E-state index in [1.165, 1.54) is 28.4 Å². The Morgan fingerprint density at radius 3 is 2.85 bits per heavy atom. The zero-order chi connectivity index (χ0) is 13.7. The first-order chi connectivity index (χ1) is 9.68. The summed E-state index contributed by atoms with van der Waals surface area (Å²) in [7, 11) is 0. The van der Waals surface area contributed by atoms with Crippen molar-refractivity contribution in [2.45, 2.75) is 44.6 Å². The minimum Gasteiger partial charge on any atom is -0.335 e. The van der Waals surface area contributed by atoms with Gasteiger partial charge in [0.25, 0.3) is 0 Å². The average molecular weight is 381 g/mol. The normalized spacial score (nSPS) is 35.1. The van der Waals surface area contributed by atoms with Crippen LogP contribution in [-0.2, 0) is 4.79 Å². The molecule has 1 aromatic carbocycles. The smallest absolute Gasteiger partial charge is 0.229 e. The number of fused-ring (bicyclic) bond motifs is 1. The van der Waals surface area contributed by atoms with Gasteiger partial charge in [-0.1, -0.05) is 12.1 Å². The van der Waals surface area contributed by atoms with Crippen LogP contribution < -0.4 is 0 Å². The van der Waals surface area contributed by atoms with Gasteiger partial charge in [0.2, 0.25) is 5.91 Å². The first-order valence-electron chi connectivity index (χ1n) is 7.74. The van der Waals surface area contributed by atoms with Gasteiger partial charge in [-0.2, -0.15) is 0 Å². The van der Waals surface area contributed by atoms with Crippen LogP contribution in [0.15, 0.2) is 24.3 Å². The highest BCUT2D eigenvalue weighted by Gasteiger charge is 2.57. The lowest BCUT2D eigenvalue weighted by Gasteiger charge is -2.41. The van der Waals surface area contributed by atoms with Crippen molar-refractivity contribution in [1.82, 2.24) is 4.90 Å². The molecule has 2 nitrogen and oxygen atoms in total. The number of hydrogen-bond acceptors (Lipinski definition) is 1. The van der Waals surface area contributed by atoms with E-state index in [1.807, 2.05) is 0 Å². The minimum atomic E-state index is 0.0508. The van der Waals surface area contributed by atoms with Crippen molar-refractivity contribution in [3.05, 3.63) is 33.4 Å². The van der Waals surface area contributed by atoms with Crippen molar-refractivity contribution in [1.29, 1.82) is 0 Å². The topological polar surface area (TPSA) is 20.3 Å². The molecule has 4 aliphatic rings. The second kappa shape index (κ2) is 4.72. The quantitative estimate of drug-likeness (QED) is 0.705. The van der Waals surface area contributed by atoms with E-state index in [-0.39, 0.29) is 5.41 Å². The van der Waals surface area contributed by atoms with E-state index >= 15 is 0 Å². The highest BCUT2D eigenvalue weighted by atomic mass is 127. The molecule has 106 valence electrons. The van der Waals surface area contributed by atoms with Crippen LogP contribution >= 0.6 is 22.6 Å². The van der Waals surface area contributed by atoms with Gasteiger partial charge in [-0.3, -0.25) is 4.79 Å². The van der Waals surface area contributed by atoms with Crippen molar-refractivity contribution in [2.75, 3.05) is 6.54 Å². The van der Waals surface area contributed by atoms with Crippen LogP contribution in [0, 0.1) is 14.9 Å². The van der Waals surface area contributed by atoms with Crippen LogP contribution in [0.2, 0.25) is 0 Å². The van der Waals surface area contributed by atoms with Crippen molar-refractivity contribution in [3.63, 3.8) is 0 Å². The van der Waals surface area contributed by atoms with Crippen LogP contribution in [0.1, 0.15) is 50.1 Å². The lowest BCUT2D eigenvalue weighted by molar-refractivity contribution is -0.147. The fourth-order valence-electron chi connectivity index (χ4n) is 4.59. The number of benzene rings is 1. The van der Waals surface area contributed by atoms with E-state index in [0.29, 0.717) is 11.9 Å². The van der Waals surface area contributed by atoms with Crippen LogP contribution in [0.3, 0.4) is 0 Å². The lowest BCUT2D eigenvalue weighted by Crippen LogP contribution is -2.46. The molecule has 20 heavy (non-hydrogen) atoms. The van der Waals surface area contributed by atoms with E-state index < -0.39 is 0 Å². The van der Waals surface area contributed by atoms with Gasteiger partial charge in [0.05, 0.1) is 6.04 Å². The molecule has 1 aromatic rings. The molecule has 1 saturated heterocycles. The predicted molar refractivity (Wildman–Crippen MR) is 87.2 cm³/mol. The second-order valence-corrected chi connectivity index (χ2v) is 8.05. The van der Waals surface area contributed by atoms with Gasteiger partial charge in [-0.15, -0.1) is 0 Å². The molecule has 3 heteroatoms. The Bertz CT molecular complexity index is 544. The Labute approximate surface area is 134 Å². The van der Waals surface area contributed by atoms with Crippen LogP contribution in [0.25, 0.3) is 0 Å². The monoisotopic (exact) mass is 381 g/mol. The molecule has 3 saturated carbocycles. The van der Waals surface area contributed by atoms with Crippen molar-refractivity contribution in [2.24, 2.45) is 11.3 Å². The zero-order valence-corrected chi connectivity index (χ0v) is 13.8. The number of carbonyl (C=O) groups excluding carboxylic acids is 1. The standard InChI is InChI=1S/C17H20INO/c18-14-4-1-3-13(9-14)15-5-2-8-19(15)16(20)17-7-6-12(10-17)11-17/h1,3-4,9,12,15H,2,5-8,10-11H2. The maximum Gasteiger partial charge on any atom is 0.229 e. The Hall–Kier alpha value is -0.580. The summed E-state index contributed by atoms with van der Waals surface area (Å²) in [6, 6.07) is 9.00. The van der Waals surface area contributed by atoms with E-state index in [2.05, 4.69) is 51.8 Å². The summed E-state index contributed by atoms with van der Waals surface area (Å²) < 4.78 is 1.27. The summed E-state index contributed by atoms with van der Waals surface area (Å²) in [5.41, 5.74) is 1.38. The van der Waals surface area contributed by atoms with E-state index in [9.17, 15) is 4.79 Å². The molecule has 1 heterocycles. The average Bonchev–Trinajstić information content (AvgIpc) is 3.12. The summed E-state index contributed by atoms with van der Waals surface area (Å²) in [4.78, 5) is 15.2. The van der Waals surface area contributed by atoms with Gasteiger partial charge >= 0.3 is 0 Å².